The minimum atomic E-state index is -0.458. The van der Waals surface area contributed by atoms with Crippen molar-refractivity contribution in [2.24, 2.45) is 4.99 Å². The third-order valence-electron chi connectivity index (χ3n) is 5.49. The predicted octanol–water partition coefficient (Wildman–Crippen LogP) is 6.06. The highest BCUT2D eigenvalue weighted by Crippen LogP contribution is 2.38. The van der Waals surface area contributed by atoms with Gasteiger partial charge >= 0.3 is 5.97 Å². The average Bonchev–Trinajstić information content (AvgIpc) is 3.19. The molecule has 1 heterocycles. The number of aryl methyl sites for hydroxylation is 2. The van der Waals surface area contributed by atoms with E-state index in [4.69, 9.17) is 19.2 Å². The first kappa shape index (κ1) is 26.0. The van der Waals surface area contributed by atoms with Crippen LogP contribution in [-0.2, 0) is 14.3 Å². The fourth-order valence-electron chi connectivity index (χ4n) is 3.58. The zero-order valence-electron chi connectivity index (χ0n) is 21.2. The number of rotatable bonds is 8. The Balaban J connectivity index is 1.65. The first-order chi connectivity index (χ1) is 17.9. The number of amides is 1. The summed E-state index contributed by atoms with van der Waals surface area (Å²) in [7, 11) is 1.52. The molecule has 37 heavy (non-hydrogen) atoms. The largest absolute Gasteiger partial charge is 0.493 e. The summed E-state index contributed by atoms with van der Waals surface area (Å²) in [5.41, 5.74) is 4.50. The quantitative estimate of drug-likeness (QED) is 0.267. The van der Waals surface area contributed by atoms with Crippen LogP contribution in [-0.4, -0.2) is 37.4 Å². The van der Waals surface area contributed by atoms with Gasteiger partial charge in [-0.05, 0) is 80.6 Å². The number of hydrogen-bond acceptors (Lipinski definition) is 7. The fraction of sp³-hybridized carbons (Fsp3) is 0.207. The minimum absolute atomic E-state index is 0.165. The summed E-state index contributed by atoms with van der Waals surface area (Å²) in [6.45, 7) is 5.83. The lowest BCUT2D eigenvalue weighted by Gasteiger charge is -2.16. The SMILES string of the molecule is CCOC(=O)COc1ccc(/C=C2/SC(=Nc3ccc(C)cc3)N(c3ccc(C)cc3)C2=O)cc1OC. The lowest BCUT2D eigenvalue weighted by atomic mass is 10.1. The number of aliphatic imine (C=N–C) groups is 1. The maximum atomic E-state index is 13.6. The van der Waals surface area contributed by atoms with Crippen LogP contribution < -0.4 is 14.4 Å². The van der Waals surface area contributed by atoms with E-state index in [-0.39, 0.29) is 19.1 Å². The number of anilines is 1. The number of amidine groups is 1. The lowest BCUT2D eigenvalue weighted by Crippen LogP contribution is -2.28. The Kier molecular flexibility index (Phi) is 8.30. The second-order valence-electron chi connectivity index (χ2n) is 8.32. The molecule has 1 aliphatic heterocycles. The van der Waals surface area contributed by atoms with Crippen molar-refractivity contribution in [3.8, 4) is 11.5 Å². The second-order valence-corrected chi connectivity index (χ2v) is 9.33. The molecule has 190 valence electrons. The van der Waals surface area contributed by atoms with Gasteiger partial charge in [0, 0.05) is 0 Å². The molecule has 3 aromatic rings. The summed E-state index contributed by atoms with van der Waals surface area (Å²) in [6, 6.07) is 20.9. The monoisotopic (exact) mass is 516 g/mol. The molecule has 0 N–H and O–H groups in total. The molecule has 0 radical (unpaired) electrons. The zero-order valence-corrected chi connectivity index (χ0v) is 22.0. The second kappa shape index (κ2) is 11.8. The van der Waals surface area contributed by atoms with Gasteiger partial charge in [0.2, 0.25) is 0 Å². The molecule has 3 aromatic carbocycles. The summed E-state index contributed by atoms with van der Waals surface area (Å²) in [5, 5.41) is 0.574. The maximum absolute atomic E-state index is 13.6. The van der Waals surface area contributed by atoms with E-state index in [1.807, 2.05) is 62.4 Å². The van der Waals surface area contributed by atoms with E-state index in [2.05, 4.69) is 0 Å². The van der Waals surface area contributed by atoms with Crippen LogP contribution in [0.25, 0.3) is 6.08 Å². The van der Waals surface area contributed by atoms with Crippen LogP contribution in [0.5, 0.6) is 11.5 Å². The van der Waals surface area contributed by atoms with Crippen molar-refractivity contribution < 1.29 is 23.8 Å². The molecule has 0 unspecified atom stereocenters. The Hall–Kier alpha value is -4.04. The Bertz CT molecular complexity index is 1350. The predicted molar refractivity (Wildman–Crippen MR) is 148 cm³/mol. The van der Waals surface area contributed by atoms with Crippen molar-refractivity contribution in [2.45, 2.75) is 20.8 Å². The number of carbonyl (C=O) groups is 2. The van der Waals surface area contributed by atoms with Gasteiger partial charge in [0.15, 0.2) is 23.3 Å². The number of nitrogens with zero attached hydrogens (tertiary/aromatic N) is 2. The van der Waals surface area contributed by atoms with Crippen molar-refractivity contribution in [3.63, 3.8) is 0 Å². The van der Waals surface area contributed by atoms with Crippen LogP contribution in [0.3, 0.4) is 0 Å². The van der Waals surface area contributed by atoms with Gasteiger partial charge in [-0.25, -0.2) is 9.79 Å². The summed E-state index contributed by atoms with van der Waals surface area (Å²) in [6.07, 6.45) is 1.80. The number of ether oxygens (including phenoxy) is 3. The summed E-state index contributed by atoms with van der Waals surface area (Å²) in [4.78, 5) is 32.1. The van der Waals surface area contributed by atoms with Crippen LogP contribution in [0.4, 0.5) is 11.4 Å². The molecular weight excluding hydrogens is 488 g/mol. The normalized spacial score (nSPS) is 15.4. The van der Waals surface area contributed by atoms with Gasteiger partial charge in [-0.2, -0.15) is 0 Å². The van der Waals surface area contributed by atoms with Gasteiger partial charge < -0.3 is 14.2 Å². The molecule has 0 bridgehead atoms. The van der Waals surface area contributed by atoms with Crippen molar-refractivity contribution in [1.82, 2.24) is 0 Å². The lowest BCUT2D eigenvalue weighted by molar-refractivity contribution is -0.145. The van der Waals surface area contributed by atoms with E-state index < -0.39 is 5.97 Å². The molecule has 0 atom stereocenters. The summed E-state index contributed by atoms with van der Waals surface area (Å²) < 4.78 is 15.9. The van der Waals surface area contributed by atoms with E-state index in [1.165, 1.54) is 18.9 Å². The molecule has 1 aliphatic rings. The van der Waals surface area contributed by atoms with Crippen molar-refractivity contribution in [2.75, 3.05) is 25.2 Å². The highest BCUT2D eigenvalue weighted by molar-refractivity contribution is 8.19. The number of esters is 1. The molecule has 7 nitrogen and oxygen atoms in total. The molecular formula is C29H28N2O5S. The Morgan fingerprint density at radius 1 is 0.973 bits per heavy atom. The van der Waals surface area contributed by atoms with E-state index in [9.17, 15) is 9.59 Å². The highest BCUT2D eigenvalue weighted by atomic mass is 32.2. The van der Waals surface area contributed by atoms with Gasteiger partial charge in [0.25, 0.3) is 5.91 Å². The molecule has 0 spiro atoms. The Morgan fingerprint density at radius 2 is 1.65 bits per heavy atom. The van der Waals surface area contributed by atoms with Crippen molar-refractivity contribution >= 4 is 46.3 Å². The van der Waals surface area contributed by atoms with Gasteiger partial charge in [0.1, 0.15) is 0 Å². The number of carbonyl (C=O) groups excluding carboxylic acids is 2. The fourth-order valence-corrected chi connectivity index (χ4v) is 4.58. The summed E-state index contributed by atoms with van der Waals surface area (Å²) in [5.74, 6) is 0.227. The molecule has 1 fully saturated rings. The maximum Gasteiger partial charge on any atom is 0.344 e. The van der Waals surface area contributed by atoms with Gasteiger partial charge in [-0.1, -0.05) is 41.5 Å². The van der Waals surface area contributed by atoms with Crippen LogP contribution in [0.15, 0.2) is 76.6 Å². The smallest absolute Gasteiger partial charge is 0.344 e. The van der Waals surface area contributed by atoms with Crippen LogP contribution in [0.2, 0.25) is 0 Å². The standard InChI is InChI=1S/C29H28N2O5S/c1-5-35-27(32)18-36-24-15-10-21(16-25(24)34-4)17-26-28(33)31(23-13-8-20(3)9-14-23)29(37-26)30-22-11-6-19(2)7-12-22/h6-17H,5,18H2,1-4H3/b26-17+,30-29?. The number of methoxy groups -OCH3 is 1. The minimum Gasteiger partial charge on any atom is -0.493 e. The van der Waals surface area contributed by atoms with Crippen molar-refractivity contribution in [3.05, 3.63) is 88.3 Å². The van der Waals surface area contributed by atoms with E-state index in [1.54, 1.807) is 36.1 Å². The van der Waals surface area contributed by atoms with Gasteiger partial charge in [-0.15, -0.1) is 0 Å². The first-order valence-corrected chi connectivity index (χ1v) is 12.6. The Labute approximate surface area is 220 Å². The first-order valence-electron chi connectivity index (χ1n) is 11.8. The molecule has 1 saturated heterocycles. The Morgan fingerprint density at radius 3 is 2.30 bits per heavy atom. The zero-order chi connectivity index (χ0) is 26.4. The summed E-state index contributed by atoms with van der Waals surface area (Å²) >= 11 is 1.31. The van der Waals surface area contributed by atoms with Crippen LogP contribution in [0, 0.1) is 13.8 Å². The van der Waals surface area contributed by atoms with Crippen LogP contribution in [0.1, 0.15) is 23.6 Å². The third kappa shape index (κ3) is 6.40. The van der Waals surface area contributed by atoms with Gasteiger partial charge in [0.05, 0.1) is 30.0 Å². The van der Waals surface area contributed by atoms with E-state index in [0.717, 1.165) is 28.1 Å². The third-order valence-corrected chi connectivity index (χ3v) is 6.46. The topological polar surface area (TPSA) is 77.4 Å². The van der Waals surface area contributed by atoms with Crippen molar-refractivity contribution in [1.29, 1.82) is 0 Å². The molecule has 0 aliphatic carbocycles. The van der Waals surface area contributed by atoms with E-state index >= 15 is 0 Å². The molecule has 1 amide bonds. The van der Waals surface area contributed by atoms with Crippen LogP contribution >= 0.6 is 11.8 Å². The molecule has 0 saturated carbocycles. The molecule has 8 heteroatoms. The number of benzene rings is 3. The number of thioether (sulfide) groups is 1. The highest BCUT2D eigenvalue weighted by Gasteiger charge is 2.34. The van der Waals surface area contributed by atoms with E-state index in [0.29, 0.717) is 21.6 Å². The molecule has 0 aromatic heterocycles. The van der Waals surface area contributed by atoms with Gasteiger partial charge in [-0.3, -0.25) is 9.69 Å². The number of hydrogen-bond donors (Lipinski definition) is 0. The average molecular weight is 517 g/mol. The molecule has 4 rings (SSSR count).